The summed E-state index contributed by atoms with van der Waals surface area (Å²) < 4.78 is 6.26. The minimum atomic E-state index is -0.426. The van der Waals surface area contributed by atoms with Gasteiger partial charge in [0.2, 0.25) is 0 Å². The zero-order valence-corrected chi connectivity index (χ0v) is 13.8. The number of halogens is 1. The smallest absolute Gasteiger partial charge is 0.315 e. The first kappa shape index (κ1) is 17.7. The molecule has 2 amide bonds. The molecule has 0 aliphatic heterocycles. The molecule has 128 valence electrons. The maximum atomic E-state index is 11.7. The van der Waals surface area contributed by atoms with Crippen LogP contribution in [0.5, 0.6) is 0 Å². The van der Waals surface area contributed by atoms with Gasteiger partial charge in [-0.05, 0) is 41.6 Å². The number of urea groups is 1. The minimum Gasteiger partial charge on any atom is -0.466 e. The third-order valence-electron chi connectivity index (χ3n) is 2.93. The molecule has 10 heteroatoms. The van der Waals surface area contributed by atoms with Gasteiger partial charge in [-0.3, -0.25) is 4.79 Å². The van der Waals surface area contributed by atoms with Crippen molar-refractivity contribution in [2.75, 3.05) is 13.2 Å². The van der Waals surface area contributed by atoms with Gasteiger partial charge in [-0.15, -0.1) is 5.10 Å². The van der Waals surface area contributed by atoms with E-state index in [9.17, 15) is 9.59 Å². The van der Waals surface area contributed by atoms with Crippen molar-refractivity contribution in [2.45, 2.75) is 19.9 Å². The molecule has 0 aliphatic rings. The van der Waals surface area contributed by atoms with Gasteiger partial charge in [0.1, 0.15) is 0 Å². The monoisotopic (exact) mass is 352 g/mol. The second kappa shape index (κ2) is 8.82. The van der Waals surface area contributed by atoms with Gasteiger partial charge in [-0.2, -0.15) is 4.68 Å². The van der Waals surface area contributed by atoms with Crippen LogP contribution in [0.15, 0.2) is 24.3 Å². The van der Waals surface area contributed by atoms with Crippen LogP contribution in [0.1, 0.15) is 19.2 Å². The minimum absolute atomic E-state index is 0.115. The summed E-state index contributed by atoms with van der Waals surface area (Å²) in [7, 11) is 0. The highest BCUT2D eigenvalue weighted by molar-refractivity contribution is 6.30. The molecule has 0 aliphatic carbocycles. The molecule has 0 fully saturated rings. The fourth-order valence-electron chi connectivity index (χ4n) is 1.83. The lowest BCUT2D eigenvalue weighted by Crippen LogP contribution is -2.36. The second-order valence-corrected chi connectivity index (χ2v) is 5.08. The zero-order valence-electron chi connectivity index (χ0n) is 13.0. The Hall–Kier alpha value is -2.68. The quantitative estimate of drug-likeness (QED) is 0.721. The van der Waals surface area contributed by atoms with Gasteiger partial charge in [-0.25, -0.2) is 4.79 Å². The van der Waals surface area contributed by atoms with Crippen molar-refractivity contribution < 1.29 is 14.3 Å². The first-order chi connectivity index (χ1) is 11.6. The summed E-state index contributed by atoms with van der Waals surface area (Å²) in [5.74, 6) is 0.0994. The van der Waals surface area contributed by atoms with Crippen LogP contribution in [0.4, 0.5) is 4.79 Å². The fourth-order valence-corrected chi connectivity index (χ4v) is 1.96. The number of aromatic nitrogens is 4. The molecule has 2 rings (SSSR count). The van der Waals surface area contributed by atoms with Gasteiger partial charge in [0, 0.05) is 11.6 Å². The highest BCUT2D eigenvalue weighted by atomic mass is 35.5. The molecule has 0 bridgehead atoms. The summed E-state index contributed by atoms with van der Waals surface area (Å²) in [5.41, 5.74) is 0.726. The predicted molar refractivity (Wildman–Crippen MR) is 85.7 cm³/mol. The Kier molecular flexibility index (Phi) is 6.50. The Morgan fingerprint density at radius 2 is 2.00 bits per heavy atom. The maximum absolute atomic E-state index is 11.7. The predicted octanol–water partition coefficient (Wildman–Crippen LogP) is 1.07. The summed E-state index contributed by atoms with van der Waals surface area (Å²) in [6.07, 6.45) is 0.115. The van der Waals surface area contributed by atoms with Crippen molar-refractivity contribution in [1.29, 1.82) is 0 Å². The number of ether oxygens (including phenoxy) is 1. The third-order valence-corrected chi connectivity index (χ3v) is 3.18. The van der Waals surface area contributed by atoms with Crippen molar-refractivity contribution in [3.63, 3.8) is 0 Å². The van der Waals surface area contributed by atoms with Crippen LogP contribution in [-0.4, -0.2) is 45.4 Å². The van der Waals surface area contributed by atoms with Crippen LogP contribution in [0.3, 0.4) is 0 Å². The number of amides is 2. The van der Waals surface area contributed by atoms with Gasteiger partial charge < -0.3 is 15.4 Å². The van der Waals surface area contributed by atoms with E-state index in [1.807, 2.05) is 0 Å². The van der Waals surface area contributed by atoms with E-state index in [4.69, 9.17) is 16.3 Å². The van der Waals surface area contributed by atoms with Crippen LogP contribution >= 0.6 is 11.6 Å². The lowest BCUT2D eigenvalue weighted by atomic mass is 10.3. The summed E-state index contributed by atoms with van der Waals surface area (Å²) in [4.78, 5) is 22.9. The standard InChI is InChI=1S/C14H17ClN6O3/c1-2-24-13(22)7-8-16-14(23)17-9-12-18-19-20-21(12)11-5-3-10(15)4-6-11/h3-6H,2,7-9H2,1H3,(H2,16,17,23). The highest BCUT2D eigenvalue weighted by Crippen LogP contribution is 2.13. The molecular weight excluding hydrogens is 336 g/mol. The normalized spacial score (nSPS) is 10.2. The molecule has 0 spiro atoms. The maximum Gasteiger partial charge on any atom is 0.315 e. The van der Waals surface area contributed by atoms with E-state index in [1.54, 1.807) is 31.2 Å². The molecular formula is C14H17ClN6O3. The molecule has 1 heterocycles. The SMILES string of the molecule is CCOC(=O)CCNC(=O)NCc1nnnn1-c1ccc(Cl)cc1. The number of carbonyl (C=O) groups excluding carboxylic acids is 2. The van der Waals surface area contributed by atoms with Crippen molar-refractivity contribution >= 4 is 23.6 Å². The zero-order chi connectivity index (χ0) is 17.4. The number of tetrazole rings is 1. The molecule has 2 N–H and O–H groups in total. The third kappa shape index (κ3) is 5.20. The van der Waals surface area contributed by atoms with Gasteiger partial charge in [-0.1, -0.05) is 11.6 Å². The number of nitrogens with zero attached hydrogens (tertiary/aromatic N) is 4. The van der Waals surface area contributed by atoms with Crippen molar-refractivity contribution in [3.8, 4) is 5.69 Å². The summed E-state index contributed by atoms with van der Waals surface area (Å²) in [6.45, 7) is 2.36. The number of carbonyl (C=O) groups is 2. The van der Waals surface area contributed by atoms with E-state index in [0.29, 0.717) is 17.5 Å². The van der Waals surface area contributed by atoms with Crippen LogP contribution in [-0.2, 0) is 16.1 Å². The number of rotatable bonds is 7. The largest absolute Gasteiger partial charge is 0.466 e. The second-order valence-electron chi connectivity index (χ2n) is 4.65. The number of benzene rings is 1. The highest BCUT2D eigenvalue weighted by Gasteiger charge is 2.10. The Balaban J connectivity index is 1.82. The van der Waals surface area contributed by atoms with E-state index in [0.717, 1.165) is 5.69 Å². The Morgan fingerprint density at radius 3 is 2.71 bits per heavy atom. The van der Waals surface area contributed by atoms with Crippen LogP contribution in [0, 0.1) is 0 Å². The van der Waals surface area contributed by atoms with E-state index in [1.165, 1.54) is 4.68 Å². The lowest BCUT2D eigenvalue weighted by molar-refractivity contribution is -0.142. The van der Waals surface area contributed by atoms with Gasteiger partial charge in [0.25, 0.3) is 0 Å². The molecule has 1 aromatic heterocycles. The summed E-state index contributed by atoms with van der Waals surface area (Å²) >= 11 is 5.85. The van der Waals surface area contributed by atoms with E-state index in [2.05, 4.69) is 26.2 Å². The molecule has 24 heavy (non-hydrogen) atoms. The molecule has 0 saturated heterocycles. The van der Waals surface area contributed by atoms with Gasteiger partial charge >= 0.3 is 12.0 Å². The van der Waals surface area contributed by atoms with Crippen LogP contribution in [0.2, 0.25) is 5.02 Å². The number of nitrogens with one attached hydrogen (secondary N) is 2. The summed E-state index contributed by atoms with van der Waals surface area (Å²) in [6, 6.07) is 6.55. The number of hydrogen-bond acceptors (Lipinski definition) is 6. The van der Waals surface area contributed by atoms with Crippen molar-refractivity contribution in [3.05, 3.63) is 35.1 Å². The molecule has 0 unspecified atom stereocenters. The van der Waals surface area contributed by atoms with E-state index >= 15 is 0 Å². The lowest BCUT2D eigenvalue weighted by Gasteiger charge is -2.08. The Bertz CT molecular complexity index is 688. The van der Waals surface area contributed by atoms with Crippen LogP contribution in [0.25, 0.3) is 5.69 Å². The first-order valence-corrected chi connectivity index (χ1v) is 7.68. The van der Waals surface area contributed by atoms with Crippen LogP contribution < -0.4 is 10.6 Å². The Labute approximate surface area is 143 Å². The Morgan fingerprint density at radius 1 is 1.25 bits per heavy atom. The average molecular weight is 353 g/mol. The topological polar surface area (TPSA) is 111 Å². The molecule has 0 radical (unpaired) electrons. The van der Waals surface area contributed by atoms with Gasteiger partial charge in [0.15, 0.2) is 5.82 Å². The van der Waals surface area contributed by atoms with Crippen molar-refractivity contribution in [2.24, 2.45) is 0 Å². The molecule has 9 nitrogen and oxygen atoms in total. The first-order valence-electron chi connectivity index (χ1n) is 7.30. The number of hydrogen-bond donors (Lipinski definition) is 2. The van der Waals surface area contributed by atoms with Crippen molar-refractivity contribution in [1.82, 2.24) is 30.8 Å². The number of esters is 1. The molecule has 2 aromatic rings. The van der Waals surface area contributed by atoms with Gasteiger partial charge in [0.05, 0.1) is 25.3 Å². The van der Waals surface area contributed by atoms with E-state index < -0.39 is 6.03 Å². The summed E-state index contributed by atoms with van der Waals surface area (Å²) in [5, 5.41) is 17.1. The van der Waals surface area contributed by atoms with E-state index in [-0.39, 0.29) is 25.5 Å². The molecule has 1 aromatic carbocycles. The average Bonchev–Trinajstić information content (AvgIpc) is 3.02. The molecule has 0 saturated carbocycles. The molecule has 0 atom stereocenters. The fraction of sp³-hybridized carbons (Fsp3) is 0.357.